The average molecular weight is 355 g/mol. The number of anilines is 1. The Hall–Kier alpha value is -2.41. The number of carbonyl (C=O) groups is 1. The van der Waals surface area contributed by atoms with E-state index in [1.54, 1.807) is 4.52 Å². The van der Waals surface area contributed by atoms with E-state index in [9.17, 15) is 4.79 Å². The normalized spacial score (nSPS) is 11.0. The number of hydrogen-bond donors (Lipinski definition) is 1. The molecule has 1 amide bonds. The third-order valence-electron chi connectivity index (χ3n) is 4.17. The van der Waals surface area contributed by atoms with Gasteiger partial charge in [0.2, 0.25) is 11.1 Å². The zero-order chi connectivity index (χ0) is 18.0. The van der Waals surface area contributed by atoms with Crippen molar-refractivity contribution in [3.05, 3.63) is 46.8 Å². The highest BCUT2D eigenvalue weighted by Crippen LogP contribution is 2.18. The Morgan fingerprint density at radius 2 is 2.08 bits per heavy atom. The second kappa shape index (κ2) is 7.23. The summed E-state index contributed by atoms with van der Waals surface area (Å²) in [5.41, 5.74) is 4.60. The van der Waals surface area contributed by atoms with Crippen LogP contribution in [0.5, 0.6) is 0 Å². The molecule has 1 aromatic carbocycles. The standard InChI is InChI=1S/C18H21N5OS/c1-5-13-7-6-8-14(9-13)20-16(24)10-15-11(2)19-17-21-18(25-4)22-23(17)12(15)3/h6-9H,5,10H2,1-4H3,(H,20,24). The molecule has 0 radical (unpaired) electrons. The van der Waals surface area contributed by atoms with E-state index < -0.39 is 0 Å². The monoisotopic (exact) mass is 355 g/mol. The maximum absolute atomic E-state index is 12.5. The molecule has 2 aromatic heterocycles. The van der Waals surface area contributed by atoms with E-state index in [-0.39, 0.29) is 12.3 Å². The highest BCUT2D eigenvalue weighted by atomic mass is 32.2. The third kappa shape index (κ3) is 3.66. The summed E-state index contributed by atoms with van der Waals surface area (Å²) in [6.45, 7) is 5.94. The molecule has 0 unspecified atom stereocenters. The molecule has 0 aliphatic carbocycles. The van der Waals surface area contributed by atoms with Crippen LogP contribution in [0, 0.1) is 13.8 Å². The molecular formula is C18H21N5OS. The summed E-state index contributed by atoms with van der Waals surface area (Å²) in [7, 11) is 0. The number of benzene rings is 1. The molecule has 0 fully saturated rings. The quantitative estimate of drug-likeness (QED) is 0.712. The molecule has 2 heterocycles. The van der Waals surface area contributed by atoms with Crippen molar-refractivity contribution >= 4 is 29.1 Å². The number of thioether (sulfide) groups is 1. The first kappa shape index (κ1) is 17.4. The highest BCUT2D eigenvalue weighted by Gasteiger charge is 2.16. The molecule has 0 spiro atoms. The smallest absolute Gasteiger partial charge is 0.253 e. The molecule has 1 N–H and O–H groups in total. The Morgan fingerprint density at radius 3 is 2.80 bits per heavy atom. The molecule has 0 bridgehead atoms. The van der Waals surface area contributed by atoms with Crippen LogP contribution in [0.25, 0.3) is 5.78 Å². The molecule has 0 aliphatic heterocycles. The van der Waals surface area contributed by atoms with E-state index in [0.29, 0.717) is 10.9 Å². The van der Waals surface area contributed by atoms with Crippen molar-refractivity contribution in [3.63, 3.8) is 0 Å². The highest BCUT2D eigenvalue weighted by molar-refractivity contribution is 7.98. The number of aromatic nitrogens is 4. The lowest BCUT2D eigenvalue weighted by Crippen LogP contribution is -2.17. The maximum atomic E-state index is 12.5. The van der Waals surface area contributed by atoms with Crippen LogP contribution in [0.1, 0.15) is 29.4 Å². The number of rotatable bonds is 5. The van der Waals surface area contributed by atoms with Crippen LogP contribution in [-0.2, 0) is 17.6 Å². The van der Waals surface area contributed by atoms with Gasteiger partial charge in [-0.15, -0.1) is 5.10 Å². The van der Waals surface area contributed by atoms with Gasteiger partial charge in [0.25, 0.3) is 5.78 Å². The van der Waals surface area contributed by atoms with Gasteiger partial charge in [0.1, 0.15) is 0 Å². The topological polar surface area (TPSA) is 72.2 Å². The predicted octanol–water partition coefficient (Wildman–Crippen LogP) is 3.21. The Balaban J connectivity index is 1.85. The molecule has 0 aliphatic rings. The molecule has 7 heteroatoms. The van der Waals surface area contributed by atoms with Crippen molar-refractivity contribution in [2.24, 2.45) is 0 Å². The summed E-state index contributed by atoms with van der Waals surface area (Å²) in [5.74, 6) is 0.505. The number of hydrogen-bond acceptors (Lipinski definition) is 5. The largest absolute Gasteiger partial charge is 0.326 e. The first-order valence-corrected chi connectivity index (χ1v) is 9.40. The van der Waals surface area contributed by atoms with E-state index in [1.165, 1.54) is 17.3 Å². The molecule has 0 saturated carbocycles. The van der Waals surface area contributed by atoms with Crippen molar-refractivity contribution < 1.29 is 4.79 Å². The van der Waals surface area contributed by atoms with E-state index in [4.69, 9.17) is 0 Å². The third-order valence-corrected chi connectivity index (χ3v) is 4.71. The Kier molecular flexibility index (Phi) is 5.03. The Bertz CT molecular complexity index is 935. The van der Waals surface area contributed by atoms with Gasteiger partial charge >= 0.3 is 0 Å². The van der Waals surface area contributed by atoms with E-state index in [2.05, 4.69) is 33.4 Å². The van der Waals surface area contributed by atoms with Gasteiger partial charge in [-0.05, 0) is 44.2 Å². The number of nitrogens with one attached hydrogen (secondary N) is 1. The van der Waals surface area contributed by atoms with Crippen molar-refractivity contribution in [2.45, 2.75) is 38.8 Å². The van der Waals surface area contributed by atoms with Gasteiger partial charge in [-0.3, -0.25) is 4.79 Å². The van der Waals surface area contributed by atoms with Gasteiger partial charge in [0.15, 0.2) is 0 Å². The van der Waals surface area contributed by atoms with Crippen LogP contribution in [0.4, 0.5) is 5.69 Å². The summed E-state index contributed by atoms with van der Waals surface area (Å²) in [4.78, 5) is 21.3. The minimum Gasteiger partial charge on any atom is -0.326 e. The molecule has 0 saturated heterocycles. The molecule has 25 heavy (non-hydrogen) atoms. The van der Waals surface area contributed by atoms with Crippen LogP contribution in [-0.4, -0.2) is 31.7 Å². The first-order valence-electron chi connectivity index (χ1n) is 8.17. The number of aryl methyl sites for hydroxylation is 3. The summed E-state index contributed by atoms with van der Waals surface area (Å²) in [6, 6.07) is 7.91. The van der Waals surface area contributed by atoms with Crippen molar-refractivity contribution in [1.82, 2.24) is 19.6 Å². The Morgan fingerprint density at radius 1 is 1.28 bits per heavy atom. The lowest BCUT2D eigenvalue weighted by molar-refractivity contribution is -0.115. The first-order chi connectivity index (χ1) is 12.0. The minimum atomic E-state index is -0.0641. The Labute approximate surface area is 151 Å². The second-order valence-corrected chi connectivity index (χ2v) is 6.62. The fourth-order valence-electron chi connectivity index (χ4n) is 2.77. The SMILES string of the molecule is CCc1cccc(NC(=O)Cc2c(C)nc3nc(SC)nn3c2C)c1. The molecule has 6 nitrogen and oxygen atoms in total. The lowest BCUT2D eigenvalue weighted by atomic mass is 10.1. The fraction of sp³-hybridized carbons (Fsp3) is 0.333. The van der Waals surface area contributed by atoms with Crippen LogP contribution in [0.15, 0.2) is 29.4 Å². The molecule has 3 rings (SSSR count). The van der Waals surface area contributed by atoms with E-state index >= 15 is 0 Å². The molecule has 0 atom stereocenters. The van der Waals surface area contributed by atoms with Crippen LogP contribution in [0.3, 0.4) is 0 Å². The van der Waals surface area contributed by atoms with Crippen LogP contribution < -0.4 is 5.32 Å². The number of amides is 1. The molecule has 130 valence electrons. The van der Waals surface area contributed by atoms with E-state index in [1.807, 2.05) is 38.3 Å². The van der Waals surface area contributed by atoms with Crippen LogP contribution in [0.2, 0.25) is 0 Å². The summed E-state index contributed by atoms with van der Waals surface area (Å²) in [6.07, 6.45) is 3.12. The summed E-state index contributed by atoms with van der Waals surface area (Å²) >= 11 is 1.47. The number of nitrogens with zero attached hydrogens (tertiary/aromatic N) is 4. The second-order valence-electron chi connectivity index (χ2n) is 5.85. The lowest BCUT2D eigenvalue weighted by Gasteiger charge is -2.11. The van der Waals surface area contributed by atoms with Crippen molar-refractivity contribution in [1.29, 1.82) is 0 Å². The predicted molar refractivity (Wildman–Crippen MR) is 100 cm³/mol. The average Bonchev–Trinajstić information content (AvgIpc) is 3.02. The fourth-order valence-corrected chi connectivity index (χ4v) is 3.10. The van der Waals surface area contributed by atoms with Gasteiger partial charge in [-0.2, -0.15) is 4.98 Å². The zero-order valence-electron chi connectivity index (χ0n) is 14.8. The van der Waals surface area contributed by atoms with E-state index in [0.717, 1.165) is 29.1 Å². The van der Waals surface area contributed by atoms with Gasteiger partial charge in [-0.1, -0.05) is 30.8 Å². The van der Waals surface area contributed by atoms with Crippen molar-refractivity contribution in [3.8, 4) is 0 Å². The zero-order valence-corrected chi connectivity index (χ0v) is 15.6. The molecule has 3 aromatic rings. The van der Waals surface area contributed by atoms with Crippen molar-refractivity contribution in [2.75, 3.05) is 11.6 Å². The van der Waals surface area contributed by atoms with Gasteiger partial charge in [-0.25, -0.2) is 9.50 Å². The number of fused-ring (bicyclic) bond motifs is 1. The van der Waals surface area contributed by atoms with Gasteiger partial charge in [0.05, 0.1) is 6.42 Å². The summed E-state index contributed by atoms with van der Waals surface area (Å²) in [5, 5.41) is 8.06. The van der Waals surface area contributed by atoms with Crippen LogP contribution >= 0.6 is 11.8 Å². The van der Waals surface area contributed by atoms with Gasteiger partial charge in [0, 0.05) is 22.6 Å². The summed E-state index contributed by atoms with van der Waals surface area (Å²) < 4.78 is 1.71. The minimum absolute atomic E-state index is 0.0641. The number of carbonyl (C=O) groups excluding carboxylic acids is 1. The maximum Gasteiger partial charge on any atom is 0.253 e. The molecular weight excluding hydrogens is 334 g/mol. The van der Waals surface area contributed by atoms with Gasteiger partial charge < -0.3 is 5.32 Å².